The van der Waals surface area contributed by atoms with Crippen molar-refractivity contribution in [1.29, 1.82) is 0 Å². The summed E-state index contributed by atoms with van der Waals surface area (Å²) in [6.45, 7) is 0. The minimum absolute atomic E-state index is 0.0742. The number of carboxylic acids is 1. The number of rotatable bonds is 4. The van der Waals surface area contributed by atoms with Gasteiger partial charge in [-0.15, -0.1) is 0 Å². The number of aliphatic hydroxyl groups is 1. The van der Waals surface area contributed by atoms with Gasteiger partial charge in [0.05, 0.1) is 6.10 Å². The molecule has 0 heterocycles. The van der Waals surface area contributed by atoms with Crippen LogP contribution in [0.25, 0.3) is 0 Å². The molecule has 5 nitrogen and oxygen atoms in total. The molecule has 0 unspecified atom stereocenters. The van der Waals surface area contributed by atoms with Crippen LogP contribution in [0, 0.1) is 5.82 Å². The zero-order valence-electron chi connectivity index (χ0n) is 8.43. The molecule has 0 fully saturated rings. The van der Waals surface area contributed by atoms with Crippen molar-refractivity contribution in [2.24, 2.45) is 5.73 Å². The van der Waals surface area contributed by atoms with Gasteiger partial charge in [0.15, 0.2) is 0 Å². The number of nitrogens with two attached hydrogens (primary N) is 2. The van der Waals surface area contributed by atoms with Crippen LogP contribution in [0.5, 0.6) is 0 Å². The molecule has 0 aliphatic heterocycles. The largest absolute Gasteiger partial charge is 0.480 e. The number of hydrogen-bond donors (Lipinski definition) is 4. The molecule has 2 atom stereocenters. The van der Waals surface area contributed by atoms with E-state index in [0.29, 0.717) is 0 Å². The van der Waals surface area contributed by atoms with Gasteiger partial charge in [0.1, 0.15) is 11.9 Å². The van der Waals surface area contributed by atoms with Crippen LogP contribution < -0.4 is 11.5 Å². The Morgan fingerprint density at radius 1 is 1.50 bits per heavy atom. The maximum atomic E-state index is 12.7. The van der Waals surface area contributed by atoms with E-state index in [1.165, 1.54) is 6.07 Å². The second-order valence-electron chi connectivity index (χ2n) is 3.47. The predicted molar refractivity (Wildman–Crippen MR) is 56.0 cm³/mol. The van der Waals surface area contributed by atoms with E-state index in [1.54, 1.807) is 0 Å². The Bertz CT molecular complexity index is 398. The zero-order valence-corrected chi connectivity index (χ0v) is 8.43. The van der Waals surface area contributed by atoms with Crippen LogP contribution in [0.1, 0.15) is 18.1 Å². The number of hydrogen-bond acceptors (Lipinski definition) is 4. The number of aliphatic hydroxyl groups excluding tert-OH is 1. The molecule has 0 saturated heterocycles. The molecule has 88 valence electrons. The molecule has 0 aliphatic rings. The van der Waals surface area contributed by atoms with Gasteiger partial charge in [-0.25, -0.2) is 4.39 Å². The van der Waals surface area contributed by atoms with Crippen LogP contribution in [-0.2, 0) is 4.79 Å². The summed E-state index contributed by atoms with van der Waals surface area (Å²) in [4.78, 5) is 10.5. The van der Waals surface area contributed by atoms with Gasteiger partial charge >= 0.3 is 5.97 Å². The molecule has 6 heteroatoms. The van der Waals surface area contributed by atoms with E-state index in [4.69, 9.17) is 16.6 Å². The van der Waals surface area contributed by atoms with E-state index in [0.717, 1.165) is 12.1 Å². The van der Waals surface area contributed by atoms with Gasteiger partial charge in [-0.3, -0.25) is 4.79 Å². The fraction of sp³-hybridized carbons (Fsp3) is 0.300. The minimum atomic E-state index is -1.21. The lowest BCUT2D eigenvalue weighted by molar-refractivity contribution is -0.139. The van der Waals surface area contributed by atoms with E-state index < -0.39 is 23.9 Å². The smallest absolute Gasteiger partial charge is 0.320 e. The molecular formula is C10H13FN2O3. The van der Waals surface area contributed by atoms with Crippen molar-refractivity contribution in [1.82, 2.24) is 0 Å². The third-order valence-electron chi connectivity index (χ3n) is 2.20. The van der Waals surface area contributed by atoms with E-state index >= 15 is 0 Å². The first-order chi connectivity index (χ1) is 7.41. The molecule has 1 aromatic carbocycles. The highest BCUT2D eigenvalue weighted by atomic mass is 19.1. The molecule has 0 radical (unpaired) electrons. The lowest BCUT2D eigenvalue weighted by Crippen LogP contribution is -2.32. The maximum absolute atomic E-state index is 12.7. The molecule has 0 saturated carbocycles. The monoisotopic (exact) mass is 228 g/mol. The molecule has 1 rings (SSSR count). The van der Waals surface area contributed by atoms with Crippen molar-refractivity contribution in [3.63, 3.8) is 0 Å². The van der Waals surface area contributed by atoms with Gasteiger partial charge in [-0.2, -0.15) is 0 Å². The van der Waals surface area contributed by atoms with Crippen LogP contribution in [0.3, 0.4) is 0 Å². The summed E-state index contributed by atoms with van der Waals surface area (Å²) in [7, 11) is 0. The van der Waals surface area contributed by atoms with Crippen molar-refractivity contribution in [2.45, 2.75) is 18.6 Å². The summed E-state index contributed by atoms with van der Waals surface area (Å²) >= 11 is 0. The average molecular weight is 228 g/mol. The third kappa shape index (κ3) is 2.91. The minimum Gasteiger partial charge on any atom is -0.480 e. The third-order valence-corrected chi connectivity index (χ3v) is 2.20. The summed E-state index contributed by atoms with van der Waals surface area (Å²) in [5.74, 6) is -1.73. The van der Waals surface area contributed by atoms with Crippen LogP contribution >= 0.6 is 0 Å². The molecular weight excluding hydrogens is 215 g/mol. The van der Waals surface area contributed by atoms with E-state index in [9.17, 15) is 14.3 Å². The summed E-state index contributed by atoms with van der Waals surface area (Å²) in [6.07, 6.45) is -1.29. The van der Waals surface area contributed by atoms with Crippen molar-refractivity contribution in [3.05, 3.63) is 29.6 Å². The standard InChI is InChI=1S/C10H13FN2O3/c11-5-1-2-6(7(12)3-5)9(14)4-8(13)10(15)16/h1-3,8-9,14H,4,12-13H2,(H,15,16)/t8-,9+/m0/s1. The van der Waals surface area contributed by atoms with Crippen molar-refractivity contribution < 1.29 is 19.4 Å². The van der Waals surface area contributed by atoms with Gasteiger partial charge in [-0.05, 0) is 12.1 Å². The summed E-state index contributed by atoms with van der Waals surface area (Å²) in [5, 5.41) is 18.2. The van der Waals surface area contributed by atoms with Crippen LogP contribution in [-0.4, -0.2) is 22.2 Å². The Morgan fingerprint density at radius 2 is 2.12 bits per heavy atom. The van der Waals surface area contributed by atoms with Crippen LogP contribution in [0.4, 0.5) is 10.1 Å². The fourth-order valence-electron chi connectivity index (χ4n) is 1.32. The van der Waals surface area contributed by atoms with Gasteiger partial charge in [-0.1, -0.05) is 6.07 Å². The normalized spacial score (nSPS) is 14.4. The zero-order chi connectivity index (χ0) is 12.3. The highest BCUT2D eigenvalue weighted by Gasteiger charge is 2.19. The number of benzene rings is 1. The predicted octanol–water partition coefficient (Wildman–Crippen LogP) is 0.243. The highest BCUT2D eigenvalue weighted by molar-refractivity contribution is 5.73. The van der Waals surface area contributed by atoms with E-state index in [1.807, 2.05) is 0 Å². The van der Waals surface area contributed by atoms with Gasteiger partial charge < -0.3 is 21.7 Å². The first-order valence-electron chi connectivity index (χ1n) is 4.63. The van der Waals surface area contributed by atoms with Crippen LogP contribution in [0.15, 0.2) is 18.2 Å². The fourth-order valence-corrected chi connectivity index (χ4v) is 1.32. The Labute approximate surface area is 91.5 Å². The average Bonchev–Trinajstić information content (AvgIpc) is 2.16. The highest BCUT2D eigenvalue weighted by Crippen LogP contribution is 2.24. The molecule has 16 heavy (non-hydrogen) atoms. The second kappa shape index (κ2) is 4.91. The number of nitrogen functional groups attached to an aromatic ring is 1. The molecule has 6 N–H and O–H groups in total. The number of aliphatic carboxylic acids is 1. The van der Waals surface area contributed by atoms with Gasteiger partial charge in [0.25, 0.3) is 0 Å². The lowest BCUT2D eigenvalue weighted by atomic mass is 10.0. The van der Waals surface area contributed by atoms with Gasteiger partial charge in [0.2, 0.25) is 0 Å². The maximum Gasteiger partial charge on any atom is 0.320 e. The molecule has 0 bridgehead atoms. The number of carboxylic acid groups (broad SMARTS) is 1. The molecule has 0 aromatic heterocycles. The summed E-state index contributed by atoms with van der Waals surface area (Å²) in [5.41, 5.74) is 11.1. The topological polar surface area (TPSA) is 110 Å². The van der Waals surface area contributed by atoms with E-state index in [-0.39, 0.29) is 17.7 Å². The number of halogens is 1. The Morgan fingerprint density at radius 3 is 2.62 bits per heavy atom. The van der Waals surface area contributed by atoms with Crippen LogP contribution in [0.2, 0.25) is 0 Å². The Hall–Kier alpha value is -1.66. The Balaban J connectivity index is 2.80. The molecule has 0 spiro atoms. The molecule has 0 amide bonds. The molecule has 0 aliphatic carbocycles. The van der Waals surface area contributed by atoms with Crippen molar-refractivity contribution >= 4 is 11.7 Å². The quantitative estimate of drug-likeness (QED) is 0.552. The van der Waals surface area contributed by atoms with Gasteiger partial charge in [0, 0.05) is 17.7 Å². The first kappa shape index (κ1) is 12.4. The van der Waals surface area contributed by atoms with Crippen molar-refractivity contribution in [3.8, 4) is 0 Å². The van der Waals surface area contributed by atoms with Crippen molar-refractivity contribution in [2.75, 3.05) is 5.73 Å². The summed E-state index contributed by atoms with van der Waals surface area (Å²) < 4.78 is 12.7. The second-order valence-corrected chi connectivity index (χ2v) is 3.47. The SMILES string of the molecule is Nc1cc(F)ccc1[C@H](O)C[C@H](N)C(=O)O. The number of carbonyl (C=O) groups is 1. The first-order valence-corrected chi connectivity index (χ1v) is 4.63. The lowest BCUT2D eigenvalue weighted by Gasteiger charge is -2.15. The molecule has 1 aromatic rings. The van der Waals surface area contributed by atoms with E-state index in [2.05, 4.69) is 0 Å². The Kier molecular flexibility index (Phi) is 3.81. The summed E-state index contributed by atoms with van der Waals surface area (Å²) in [6, 6.07) is 2.33. The number of anilines is 1.